The van der Waals surface area contributed by atoms with Gasteiger partial charge in [-0.05, 0) is 17.9 Å². The molecule has 0 saturated heterocycles. The highest BCUT2D eigenvalue weighted by molar-refractivity contribution is 6.37. The van der Waals surface area contributed by atoms with Crippen LogP contribution in [0.1, 0.15) is 38.1 Å². The summed E-state index contributed by atoms with van der Waals surface area (Å²) in [7, 11) is 0. The van der Waals surface area contributed by atoms with Crippen molar-refractivity contribution >= 4 is 23.6 Å². The number of hydrogen-bond acceptors (Lipinski definition) is 6. The second kappa shape index (κ2) is 11.4. The van der Waals surface area contributed by atoms with Crippen molar-refractivity contribution in [3.8, 4) is 0 Å². The van der Waals surface area contributed by atoms with Gasteiger partial charge < -0.3 is 19.9 Å². The van der Waals surface area contributed by atoms with Gasteiger partial charge in [-0.1, -0.05) is 44.2 Å². The molecule has 1 aromatic carbocycles. The first-order chi connectivity index (χ1) is 15.8. The molecule has 2 N–H and O–H groups in total. The van der Waals surface area contributed by atoms with E-state index in [0.29, 0.717) is 25.9 Å². The predicted octanol–water partition coefficient (Wildman–Crippen LogP) is 2.04. The third-order valence-electron chi connectivity index (χ3n) is 5.70. The molecule has 1 aliphatic rings. The summed E-state index contributed by atoms with van der Waals surface area (Å²) in [5.74, 6) is -1.81. The van der Waals surface area contributed by atoms with Gasteiger partial charge in [-0.2, -0.15) is 0 Å². The molecule has 2 heterocycles. The summed E-state index contributed by atoms with van der Waals surface area (Å²) in [6.45, 7) is 4.53. The van der Waals surface area contributed by atoms with Crippen LogP contribution in [0.25, 0.3) is 0 Å². The summed E-state index contributed by atoms with van der Waals surface area (Å²) in [6.07, 6.45) is 3.44. The lowest BCUT2D eigenvalue weighted by Gasteiger charge is -2.24. The van der Waals surface area contributed by atoms with Crippen molar-refractivity contribution in [2.75, 3.05) is 6.54 Å². The van der Waals surface area contributed by atoms with E-state index in [2.05, 4.69) is 15.6 Å². The van der Waals surface area contributed by atoms with Crippen LogP contribution in [-0.2, 0) is 38.7 Å². The van der Waals surface area contributed by atoms with E-state index in [1.807, 2.05) is 41.1 Å². The molecule has 9 nitrogen and oxygen atoms in total. The van der Waals surface area contributed by atoms with Gasteiger partial charge in [-0.25, -0.2) is 9.78 Å². The van der Waals surface area contributed by atoms with Crippen molar-refractivity contribution < 1.29 is 23.9 Å². The number of carbonyl (C=O) groups is 4. The SMILES string of the molecule is CC(C)C(NC(=O)OCc1ccccc1)C(=O)CC1CCc2nccn2CCNC(=O)C1=O. The Morgan fingerprint density at radius 2 is 2.00 bits per heavy atom. The quantitative estimate of drug-likeness (QED) is 0.618. The van der Waals surface area contributed by atoms with Crippen LogP contribution in [-0.4, -0.2) is 45.7 Å². The lowest BCUT2D eigenvalue weighted by atomic mass is 9.87. The minimum absolute atomic E-state index is 0.0829. The van der Waals surface area contributed by atoms with Gasteiger partial charge in [0.15, 0.2) is 5.78 Å². The van der Waals surface area contributed by atoms with E-state index < -0.39 is 29.7 Å². The van der Waals surface area contributed by atoms with Crippen molar-refractivity contribution in [3.63, 3.8) is 0 Å². The molecule has 0 fully saturated rings. The number of Topliss-reactive ketones (excluding diaryl/α,β-unsaturated/α-hetero) is 2. The van der Waals surface area contributed by atoms with Gasteiger partial charge in [0.2, 0.25) is 5.78 Å². The Morgan fingerprint density at radius 1 is 1.24 bits per heavy atom. The van der Waals surface area contributed by atoms with E-state index in [9.17, 15) is 19.2 Å². The third-order valence-corrected chi connectivity index (χ3v) is 5.70. The number of imidazole rings is 1. The molecule has 1 aliphatic heterocycles. The van der Waals surface area contributed by atoms with Crippen molar-refractivity contribution in [2.45, 2.75) is 52.3 Å². The van der Waals surface area contributed by atoms with Crippen LogP contribution < -0.4 is 10.6 Å². The monoisotopic (exact) mass is 454 g/mol. The van der Waals surface area contributed by atoms with E-state index in [1.54, 1.807) is 20.0 Å². The van der Waals surface area contributed by atoms with Crippen LogP contribution in [0.4, 0.5) is 4.79 Å². The van der Waals surface area contributed by atoms with E-state index >= 15 is 0 Å². The molecule has 2 aromatic rings. The number of hydrogen-bond donors (Lipinski definition) is 2. The summed E-state index contributed by atoms with van der Waals surface area (Å²) >= 11 is 0. The Bertz CT molecular complexity index is 986. The molecule has 0 radical (unpaired) electrons. The molecule has 2 amide bonds. The molecule has 9 heteroatoms. The molecule has 0 spiro atoms. The Labute approximate surface area is 192 Å². The molecular weight excluding hydrogens is 424 g/mol. The second-order valence-corrected chi connectivity index (χ2v) is 8.49. The van der Waals surface area contributed by atoms with E-state index in [4.69, 9.17) is 4.74 Å². The van der Waals surface area contributed by atoms with Gasteiger partial charge in [-0.15, -0.1) is 0 Å². The number of ketones is 2. The largest absolute Gasteiger partial charge is 0.445 e. The molecule has 0 bridgehead atoms. The summed E-state index contributed by atoms with van der Waals surface area (Å²) in [6, 6.07) is 8.39. The van der Waals surface area contributed by atoms with Crippen molar-refractivity contribution in [2.24, 2.45) is 11.8 Å². The van der Waals surface area contributed by atoms with Gasteiger partial charge in [0, 0.05) is 44.2 Å². The molecule has 3 rings (SSSR count). The van der Waals surface area contributed by atoms with E-state index in [0.717, 1.165) is 11.4 Å². The van der Waals surface area contributed by atoms with Crippen LogP contribution in [0.3, 0.4) is 0 Å². The second-order valence-electron chi connectivity index (χ2n) is 8.49. The number of amides is 2. The lowest BCUT2D eigenvalue weighted by molar-refractivity contribution is -0.141. The highest BCUT2D eigenvalue weighted by Gasteiger charge is 2.32. The Kier molecular flexibility index (Phi) is 8.34. The molecule has 0 saturated carbocycles. The van der Waals surface area contributed by atoms with E-state index in [-0.39, 0.29) is 24.7 Å². The standard InChI is InChI=1S/C24H30N4O5/c1-16(2)21(27-24(32)33-15-17-6-4-3-5-7-17)19(29)14-18-8-9-20-25-10-12-28(20)13-11-26-23(31)22(18)30/h3-7,10,12,16,18,21H,8-9,11,13-15H2,1-2H3,(H,26,31)(H,27,32). The van der Waals surface area contributed by atoms with Gasteiger partial charge in [0.05, 0.1) is 6.04 Å². The van der Waals surface area contributed by atoms with Crippen molar-refractivity contribution in [1.82, 2.24) is 20.2 Å². The number of ether oxygens (including phenoxy) is 1. The maximum atomic E-state index is 13.1. The first kappa shape index (κ1) is 24.2. The predicted molar refractivity (Wildman–Crippen MR) is 120 cm³/mol. The molecule has 2 unspecified atom stereocenters. The third kappa shape index (κ3) is 6.74. The number of benzene rings is 1. The van der Waals surface area contributed by atoms with E-state index in [1.165, 1.54) is 0 Å². The smallest absolute Gasteiger partial charge is 0.408 e. The molecule has 2 atom stereocenters. The highest BCUT2D eigenvalue weighted by Crippen LogP contribution is 2.19. The topological polar surface area (TPSA) is 119 Å². The number of nitrogens with one attached hydrogen (secondary N) is 2. The lowest BCUT2D eigenvalue weighted by Crippen LogP contribution is -2.46. The zero-order chi connectivity index (χ0) is 23.8. The number of nitrogens with zero attached hydrogens (tertiary/aromatic N) is 2. The van der Waals surface area contributed by atoms with Crippen LogP contribution in [0.2, 0.25) is 0 Å². The van der Waals surface area contributed by atoms with Crippen LogP contribution in [0.5, 0.6) is 0 Å². The first-order valence-corrected chi connectivity index (χ1v) is 11.2. The maximum absolute atomic E-state index is 13.1. The average molecular weight is 455 g/mol. The molecule has 176 valence electrons. The number of aromatic nitrogens is 2. The van der Waals surface area contributed by atoms with Crippen LogP contribution >= 0.6 is 0 Å². The van der Waals surface area contributed by atoms with Gasteiger partial charge >= 0.3 is 6.09 Å². The first-order valence-electron chi connectivity index (χ1n) is 11.2. The normalized spacial score (nSPS) is 17.6. The van der Waals surface area contributed by atoms with Crippen LogP contribution in [0.15, 0.2) is 42.7 Å². The molecule has 1 aromatic heterocycles. The fourth-order valence-electron chi connectivity index (χ4n) is 3.84. The Morgan fingerprint density at radius 3 is 2.73 bits per heavy atom. The number of carbonyl (C=O) groups excluding carboxylic acids is 4. The summed E-state index contributed by atoms with van der Waals surface area (Å²) in [5, 5.41) is 5.24. The van der Waals surface area contributed by atoms with Gasteiger partial charge in [0.1, 0.15) is 12.4 Å². The summed E-state index contributed by atoms with van der Waals surface area (Å²) < 4.78 is 7.17. The molecule has 0 aliphatic carbocycles. The van der Waals surface area contributed by atoms with Gasteiger partial charge in [-0.3, -0.25) is 14.4 Å². The fourth-order valence-corrected chi connectivity index (χ4v) is 3.84. The van der Waals surface area contributed by atoms with Crippen molar-refractivity contribution in [1.29, 1.82) is 0 Å². The molecule has 33 heavy (non-hydrogen) atoms. The minimum atomic E-state index is -0.832. The zero-order valence-corrected chi connectivity index (χ0v) is 19.0. The summed E-state index contributed by atoms with van der Waals surface area (Å²) in [4.78, 5) is 54.7. The Hall–Kier alpha value is -3.49. The number of rotatable bonds is 7. The number of fused-ring (bicyclic) bond motifs is 1. The zero-order valence-electron chi connectivity index (χ0n) is 19.0. The number of alkyl carbamates (subject to hydrolysis) is 1. The van der Waals surface area contributed by atoms with Crippen LogP contribution in [0, 0.1) is 11.8 Å². The average Bonchev–Trinajstić information content (AvgIpc) is 3.25. The number of aryl methyl sites for hydroxylation is 1. The maximum Gasteiger partial charge on any atom is 0.408 e. The fraction of sp³-hybridized carbons (Fsp3) is 0.458. The highest BCUT2D eigenvalue weighted by atomic mass is 16.5. The molecular formula is C24H30N4O5. The van der Waals surface area contributed by atoms with Gasteiger partial charge in [0.25, 0.3) is 5.91 Å². The van der Waals surface area contributed by atoms with Crippen molar-refractivity contribution in [3.05, 3.63) is 54.1 Å². The Balaban J connectivity index is 1.64. The summed E-state index contributed by atoms with van der Waals surface area (Å²) in [5.41, 5.74) is 0.830. The minimum Gasteiger partial charge on any atom is -0.445 e.